The molecule has 0 aliphatic rings. The molecule has 0 heterocycles. The van der Waals surface area contributed by atoms with Gasteiger partial charge in [-0.2, -0.15) is 0 Å². The second-order valence-corrected chi connectivity index (χ2v) is 6.60. The lowest BCUT2D eigenvalue weighted by Crippen LogP contribution is -2.31. The second-order valence-electron chi connectivity index (χ2n) is 4.33. The zero-order valence-corrected chi connectivity index (χ0v) is 12.8. The third-order valence-corrected chi connectivity index (χ3v) is 5.14. The molecule has 7 heteroatoms. The third-order valence-electron chi connectivity index (χ3n) is 2.92. The van der Waals surface area contributed by atoms with Gasteiger partial charge in [-0.15, -0.1) is 0 Å². The summed E-state index contributed by atoms with van der Waals surface area (Å²) in [5, 5.41) is 0.347. The highest BCUT2D eigenvalue weighted by Crippen LogP contribution is 2.29. The van der Waals surface area contributed by atoms with Crippen LogP contribution in [-0.4, -0.2) is 15.0 Å². The van der Waals surface area contributed by atoms with Crippen LogP contribution in [0.2, 0.25) is 5.02 Å². The van der Waals surface area contributed by atoms with E-state index < -0.39 is 15.8 Å². The highest BCUT2D eigenvalue weighted by atomic mass is 35.5. The molecule has 0 atom stereocenters. The molecule has 0 aliphatic heterocycles. The van der Waals surface area contributed by atoms with Gasteiger partial charge >= 0.3 is 0 Å². The molecule has 0 aromatic heterocycles. The Morgan fingerprint density at radius 1 is 1.24 bits per heavy atom. The van der Waals surface area contributed by atoms with Gasteiger partial charge in [0, 0.05) is 11.6 Å². The first kappa shape index (κ1) is 15.6. The van der Waals surface area contributed by atoms with E-state index in [9.17, 15) is 12.8 Å². The Balaban J connectivity index is 2.54. The minimum atomic E-state index is -3.89. The molecule has 0 radical (unpaired) electrons. The smallest absolute Gasteiger partial charge is 0.266 e. The molecule has 0 unspecified atom stereocenters. The van der Waals surface area contributed by atoms with E-state index in [4.69, 9.17) is 17.3 Å². The molecule has 0 saturated heterocycles. The molecule has 0 fully saturated rings. The van der Waals surface area contributed by atoms with Crippen molar-refractivity contribution in [1.29, 1.82) is 0 Å². The van der Waals surface area contributed by atoms with E-state index >= 15 is 0 Å². The Morgan fingerprint density at radius 2 is 1.95 bits per heavy atom. The molecule has 2 N–H and O–H groups in total. The minimum Gasteiger partial charge on any atom is -0.398 e. The van der Waals surface area contributed by atoms with Crippen molar-refractivity contribution in [2.24, 2.45) is 0 Å². The molecule has 2 aromatic rings. The fourth-order valence-corrected chi connectivity index (χ4v) is 3.74. The molecular formula is C14H14ClFN2O2S. The number of rotatable bonds is 4. The van der Waals surface area contributed by atoms with Crippen molar-refractivity contribution in [2.45, 2.75) is 11.8 Å². The van der Waals surface area contributed by atoms with Gasteiger partial charge in [-0.25, -0.2) is 12.8 Å². The lowest BCUT2D eigenvalue weighted by atomic mass is 10.3. The van der Waals surface area contributed by atoms with Gasteiger partial charge in [0.2, 0.25) is 0 Å². The molecule has 0 spiro atoms. The number of nitrogens with two attached hydrogens (primary N) is 1. The SMILES string of the molecule is CCN(c1cccc(F)c1)S(=O)(=O)c1ccc(Cl)cc1N. The number of hydrogen-bond acceptors (Lipinski definition) is 3. The normalized spacial score (nSPS) is 11.4. The maximum absolute atomic E-state index is 13.3. The van der Waals surface area contributed by atoms with E-state index in [1.165, 1.54) is 36.4 Å². The summed E-state index contributed by atoms with van der Waals surface area (Å²) in [6, 6.07) is 9.55. The van der Waals surface area contributed by atoms with E-state index in [0.717, 1.165) is 10.4 Å². The molecule has 0 bridgehead atoms. The molecule has 0 aliphatic carbocycles. The van der Waals surface area contributed by atoms with Crippen molar-refractivity contribution in [3.05, 3.63) is 53.3 Å². The highest BCUT2D eigenvalue weighted by molar-refractivity contribution is 7.93. The van der Waals surface area contributed by atoms with Crippen LogP contribution in [0.15, 0.2) is 47.4 Å². The van der Waals surface area contributed by atoms with Gasteiger partial charge in [0.25, 0.3) is 10.0 Å². The average Bonchev–Trinajstić information content (AvgIpc) is 2.38. The van der Waals surface area contributed by atoms with Gasteiger partial charge in [0.15, 0.2) is 0 Å². The summed E-state index contributed by atoms with van der Waals surface area (Å²) < 4.78 is 39.8. The fraction of sp³-hybridized carbons (Fsp3) is 0.143. The summed E-state index contributed by atoms with van der Waals surface area (Å²) >= 11 is 5.78. The quantitative estimate of drug-likeness (QED) is 0.876. The molecule has 2 rings (SSSR count). The van der Waals surface area contributed by atoms with E-state index in [0.29, 0.717) is 5.02 Å². The summed E-state index contributed by atoms with van der Waals surface area (Å²) in [4.78, 5) is -0.0574. The molecule has 4 nitrogen and oxygen atoms in total. The number of benzene rings is 2. The van der Waals surface area contributed by atoms with Crippen molar-refractivity contribution in [1.82, 2.24) is 0 Å². The van der Waals surface area contributed by atoms with Gasteiger partial charge in [0.05, 0.1) is 11.4 Å². The first-order valence-electron chi connectivity index (χ1n) is 6.19. The number of anilines is 2. The first-order chi connectivity index (χ1) is 9.86. The van der Waals surface area contributed by atoms with Crippen molar-refractivity contribution in [3.8, 4) is 0 Å². The number of nitrogens with zero attached hydrogens (tertiary/aromatic N) is 1. The molecular weight excluding hydrogens is 315 g/mol. The number of halogens is 2. The maximum Gasteiger partial charge on any atom is 0.266 e. The average molecular weight is 329 g/mol. The van der Waals surface area contributed by atoms with Crippen molar-refractivity contribution in [3.63, 3.8) is 0 Å². The van der Waals surface area contributed by atoms with Crippen LogP contribution >= 0.6 is 11.6 Å². The van der Waals surface area contributed by atoms with Crippen molar-refractivity contribution >= 4 is 33.0 Å². The lowest BCUT2D eigenvalue weighted by Gasteiger charge is -2.23. The Kier molecular flexibility index (Phi) is 4.39. The first-order valence-corrected chi connectivity index (χ1v) is 8.01. The number of hydrogen-bond donors (Lipinski definition) is 1. The molecule has 2 aromatic carbocycles. The van der Waals surface area contributed by atoms with E-state index in [2.05, 4.69) is 0 Å². The second kappa shape index (κ2) is 5.91. The van der Waals surface area contributed by atoms with Crippen LogP contribution < -0.4 is 10.0 Å². The predicted molar refractivity (Wildman–Crippen MR) is 82.5 cm³/mol. The van der Waals surface area contributed by atoms with E-state index in [-0.39, 0.29) is 22.8 Å². The van der Waals surface area contributed by atoms with Gasteiger partial charge in [-0.3, -0.25) is 4.31 Å². The Bertz CT molecular complexity index is 765. The molecule has 112 valence electrons. The fourth-order valence-electron chi connectivity index (χ4n) is 2.00. The van der Waals surface area contributed by atoms with Crippen LogP contribution in [0, 0.1) is 5.82 Å². The zero-order valence-electron chi connectivity index (χ0n) is 11.3. The Hall–Kier alpha value is -1.79. The van der Waals surface area contributed by atoms with Crippen LogP contribution in [0.1, 0.15) is 6.92 Å². The van der Waals surface area contributed by atoms with E-state index in [1.807, 2.05) is 0 Å². The monoisotopic (exact) mass is 328 g/mol. The van der Waals surface area contributed by atoms with Gasteiger partial charge in [-0.1, -0.05) is 17.7 Å². The standard InChI is InChI=1S/C14H14ClFN2O2S/c1-2-18(12-5-3-4-11(16)9-12)21(19,20)14-7-6-10(15)8-13(14)17/h3-9H,2,17H2,1H3. The van der Waals surface area contributed by atoms with Crippen LogP contribution in [0.3, 0.4) is 0 Å². The minimum absolute atomic E-state index is 0.0531. The Morgan fingerprint density at radius 3 is 2.52 bits per heavy atom. The molecule has 0 saturated carbocycles. The van der Waals surface area contributed by atoms with Gasteiger partial charge < -0.3 is 5.73 Å². The molecule has 21 heavy (non-hydrogen) atoms. The lowest BCUT2D eigenvalue weighted by molar-refractivity contribution is 0.592. The summed E-state index contributed by atoms with van der Waals surface area (Å²) in [6.45, 7) is 1.81. The van der Waals surface area contributed by atoms with Gasteiger partial charge in [-0.05, 0) is 43.3 Å². The largest absolute Gasteiger partial charge is 0.398 e. The summed E-state index contributed by atoms with van der Waals surface area (Å²) in [5.41, 5.74) is 6.04. The molecule has 0 amide bonds. The highest BCUT2D eigenvalue weighted by Gasteiger charge is 2.26. The van der Waals surface area contributed by atoms with Crippen molar-refractivity contribution < 1.29 is 12.8 Å². The van der Waals surface area contributed by atoms with Crippen LogP contribution in [0.5, 0.6) is 0 Å². The maximum atomic E-state index is 13.3. The Labute approximate surface area is 128 Å². The summed E-state index contributed by atoms with van der Waals surface area (Å²) in [6.07, 6.45) is 0. The third kappa shape index (κ3) is 3.11. The predicted octanol–water partition coefficient (Wildman–Crippen LogP) is 3.28. The van der Waals surface area contributed by atoms with Crippen LogP contribution in [0.25, 0.3) is 0 Å². The summed E-state index contributed by atoms with van der Waals surface area (Å²) in [7, 11) is -3.89. The van der Waals surface area contributed by atoms with Gasteiger partial charge in [0.1, 0.15) is 10.7 Å². The zero-order chi connectivity index (χ0) is 15.6. The summed E-state index contributed by atoms with van der Waals surface area (Å²) in [5.74, 6) is -0.509. The topological polar surface area (TPSA) is 63.4 Å². The van der Waals surface area contributed by atoms with Crippen molar-refractivity contribution in [2.75, 3.05) is 16.6 Å². The number of sulfonamides is 1. The van der Waals surface area contributed by atoms with E-state index in [1.54, 1.807) is 6.92 Å². The van der Waals surface area contributed by atoms with Crippen LogP contribution in [0.4, 0.5) is 15.8 Å². The number of nitrogen functional groups attached to an aromatic ring is 1. The van der Waals surface area contributed by atoms with Crippen LogP contribution in [-0.2, 0) is 10.0 Å².